The molecular weight excluding hydrogens is 270 g/mol. The lowest BCUT2D eigenvalue weighted by Crippen LogP contribution is -2.07. The van der Waals surface area contributed by atoms with Gasteiger partial charge in [-0.15, -0.1) is 11.3 Å². The number of aromatic nitrogens is 1. The van der Waals surface area contributed by atoms with E-state index < -0.39 is 0 Å². The van der Waals surface area contributed by atoms with Crippen LogP contribution in [0.15, 0.2) is 12.3 Å². The van der Waals surface area contributed by atoms with E-state index in [1.807, 2.05) is 33.8 Å². The maximum atomic E-state index is 12.3. The minimum atomic E-state index is 0.118. The average molecular weight is 289 g/mol. The zero-order chi connectivity index (χ0) is 14.9. The molecule has 0 bridgehead atoms. The van der Waals surface area contributed by atoms with Gasteiger partial charge in [0.05, 0.1) is 24.1 Å². The molecule has 0 spiro atoms. The summed E-state index contributed by atoms with van der Waals surface area (Å²) in [7, 11) is 1.65. The highest BCUT2D eigenvalue weighted by Gasteiger charge is 2.16. The van der Waals surface area contributed by atoms with Crippen LogP contribution in [-0.2, 0) is 6.42 Å². The predicted molar refractivity (Wildman–Crippen MR) is 82.1 cm³/mol. The molecule has 0 saturated carbocycles. The summed E-state index contributed by atoms with van der Waals surface area (Å²) in [5.74, 6) is 0.939. The fraction of sp³-hybridized carbons (Fsp3) is 0.375. The van der Waals surface area contributed by atoms with Crippen molar-refractivity contribution in [3.8, 4) is 5.75 Å². The lowest BCUT2D eigenvalue weighted by molar-refractivity contribution is 0.0995. The largest absolute Gasteiger partial charge is 0.496 e. The van der Waals surface area contributed by atoms with E-state index >= 15 is 0 Å². The van der Waals surface area contributed by atoms with Crippen molar-refractivity contribution >= 4 is 17.1 Å². The van der Waals surface area contributed by atoms with Crippen LogP contribution in [-0.4, -0.2) is 17.9 Å². The molecule has 0 aromatic carbocycles. The molecule has 0 atom stereocenters. The third-order valence-corrected chi connectivity index (χ3v) is 4.71. The second-order valence-electron chi connectivity index (χ2n) is 5.00. The van der Waals surface area contributed by atoms with Crippen LogP contribution in [0.1, 0.15) is 36.9 Å². The summed E-state index contributed by atoms with van der Waals surface area (Å²) in [5.41, 5.74) is 3.90. The molecule has 20 heavy (non-hydrogen) atoms. The monoisotopic (exact) mass is 289 g/mol. The Bertz CT molecular complexity index is 639. The lowest BCUT2D eigenvalue weighted by Gasteiger charge is -2.11. The van der Waals surface area contributed by atoms with Crippen LogP contribution in [0.5, 0.6) is 5.75 Å². The number of ether oxygens (including phenoxy) is 1. The summed E-state index contributed by atoms with van der Waals surface area (Å²) in [5, 5.41) is 0. The van der Waals surface area contributed by atoms with Crippen molar-refractivity contribution in [2.24, 2.45) is 0 Å². The molecule has 0 unspecified atom stereocenters. The number of carbonyl (C=O) groups excluding carboxylic acids is 1. The Morgan fingerprint density at radius 3 is 2.50 bits per heavy atom. The molecule has 2 heterocycles. The van der Waals surface area contributed by atoms with Crippen LogP contribution in [0.4, 0.5) is 0 Å². The number of methoxy groups -OCH3 is 1. The van der Waals surface area contributed by atoms with Crippen LogP contribution in [0.25, 0.3) is 0 Å². The SMILES string of the molecule is COc1c(C)cnc(CC(=O)c2cc(C)c(C)s2)c1C. The van der Waals surface area contributed by atoms with E-state index in [1.54, 1.807) is 24.6 Å². The van der Waals surface area contributed by atoms with Crippen LogP contribution >= 0.6 is 11.3 Å². The van der Waals surface area contributed by atoms with Crippen LogP contribution < -0.4 is 4.74 Å². The Labute approximate surface area is 123 Å². The number of thiophene rings is 1. The highest BCUT2D eigenvalue weighted by Crippen LogP contribution is 2.26. The highest BCUT2D eigenvalue weighted by molar-refractivity contribution is 7.14. The van der Waals surface area contributed by atoms with Gasteiger partial charge in [-0.2, -0.15) is 0 Å². The molecule has 0 aliphatic heterocycles. The molecule has 4 heteroatoms. The van der Waals surface area contributed by atoms with E-state index in [4.69, 9.17) is 4.74 Å². The van der Waals surface area contributed by atoms with Crippen molar-refractivity contribution in [1.82, 2.24) is 4.98 Å². The quantitative estimate of drug-likeness (QED) is 0.803. The first-order valence-corrected chi connectivity index (χ1v) is 7.35. The van der Waals surface area contributed by atoms with Crippen molar-refractivity contribution < 1.29 is 9.53 Å². The van der Waals surface area contributed by atoms with Crippen LogP contribution in [0.2, 0.25) is 0 Å². The summed E-state index contributed by atoms with van der Waals surface area (Å²) >= 11 is 1.55. The maximum absolute atomic E-state index is 12.3. The number of ketones is 1. The van der Waals surface area contributed by atoms with Crippen molar-refractivity contribution in [3.05, 3.63) is 44.4 Å². The number of pyridine rings is 1. The van der Waals surface area contributed by atoms with Gasteiger partial charge in [-0.1, -0.05) is 0 Å². The summed E-state index contributed by atoms with van der Waals surface area (Å²) in [6, 6.07) is 1.96. The van der Waals surface area contributed by atoms with E-state index in [1.165, 1.54) is 10.4 Å². The molecule has 106 valence electrons. The van der Waals surface area contributed by atoms with Gasteiger partial charge in [-0.25, -0.2) is 0 Å². The molecule has 0 aliphatic rings. The summed E-state index contributed by atoms with van der Waals surface area (Å²) < 4.78 is 5.38. The minimum absolute atomic E-state index is 0.118. The Morgan fingerprint density at radius 2 is 1.95 bits per heavy atom. The number of nitrogens with zero attached hydrogens (tertiary/aromatic N) is 1. The first-order chi connectivity index (χ1) is 9.43. The number of hydrogen-bond donors (Lipinski definition) is 0. The summed E-state index contributed by atoms with van der Waals surface area (Å²) in [6.07, 6.45) is 2.08. The third kappa shape index (κ3) is 2.75. The van der Waals surface area contributed by atoms with Crippen LogP contribution in [0.3, 0.4) is 0 Å². The Kier molecular flexibility index (Phi) is 4.23. The summed E-state index contributed by atoms with van der Waals surface area (Å²) in [6.45, 7) is 7.97. The van der Waals surface area contributed by atoms with Gasteiger partial charge >= 0.3 is 0 Å². The fourth-order valence-corrected chi connectivity index (χ4v) is 3.17. The van der Waals surface area contributed by atoms with E-state index in [2.05, 4.69) is 4.98 Å². The standard InChI is InChI=1S/C16H19NO2S/c1-9-6-15(20-12(9)4)14(18)7-13-11(3)16(19-5)10(2)8-17-13/h6,8H,7H2,1-5H3. The number of rotatable bonds is 4. The van der Waals surface area contributed by atoms with Gasteiger partial charge in [0.2, 0.25) is 0 Å². The molecule has 0 radical (unpaired) electrons. The van der Waals surface area contributed by atoms with Gasteiger partial charge in [0.25, 0.3) is 0 Å². The molecule has 0 amide bonds. The second kappa shape index (κ2) is 5.75. The Hall–Kier alpha value is -1.68. The fourth-order valence-electron chi connectivity index (χ4n) is 2.20. The van der Waals surface area contributed by atoms with E-state index in [0.29, 0.717) is 6.42 Å². The normalized spacial score (nSPS) is 10.7. The van der Waals surface area contributed by atoms with Gasteiger partial charge in [-0.3, -0.25) is 9.78 Å². The highest BCUT2D eigenvalue weighted by atomic mass is 32.1. The molecular formula is C16H19NO2S. The van der Waals surface area contributed by atoms with Gasteiger partial charge in [0, 0.05) is 22.2 Å². The molecule has 2 aromatic rings. The number of hydrogen-bond acceptors (Lipinski definition) is 4. The lowest BCUT2D eigenvalue weighted by atomic mass is 10.1. The first-order valence-electron chi connectivity index (χ1n) is 6.53. The third-order valence-electron chi connectivity index (χ3n) is 3.52. The molecule has 3 nitrogen and oxygen atoms in total. The minimum Gasteiger partial charge on any atom is -0.496 e. The Balaban J connectivity index is 2.28. The van der Waals surface area contributed by atoms with Crippen LogP contribution in [0, 0.1) is 27.7 Å². The van der Waals surface area contributed by atoms with Gasteiger partial charge in [-0.05, 0) is 39.3 Å². The van der Waals surface area contributed by atoms with E-state index in [-0.39, 0.29) is 5.78 Å². The van der Waals surface area contributed by atoms with Crippen molar-refractivity contribution in [1.29, 1.82) is 0 Å². The summed E-state index contributed by atoms with van der Waals surface area (Å²) in [4.78, 5) is 18.7. The molecule has 0 N–H and O–H groups in total. The molecule has 0 fully saturated rings. The number of Topliss-reactive ketones (excluding diaryl/α,β-unsaturated/α-hetero) is 1. The van der Waals surface area contributed by atoms with E-state index in [9.17, 15) is 4.79 Å². The van der Waals surface area contributed by atoms with Crippen molar-refractivity contribution in [2.45, 2.75) is 34.1 Å². The molecule has 2 rings (SSSR count). The van der Waals surface area contributed by atoms with Gasteiger partial charge < -0.3 is 4.74 Å². The average Bonchev–Trinajstić information content (AvgIpc) is 2.74. The van der Waals surface area contributed by atoms with Gasteiger partial charge in [0.1, 0.15) is 5.75 Å². The van der Waals surface area contributed by atoms with Crippen molar-refractivity contribution in [2.75, 3.05) is 7.11 Å². The zero-order valence-electron chi connectivity index (χ0n) is 12.5. The van der Waals surface area contributed by atoms with Crippen molar-refractivity contribution in [3.63, 3.8) is 0 Å². The number of carbonyl (C=O) groups is 1. The first kappa shape index (κ1) is 14.7. The predicted octanol–water partition coefficient (Wildman–Crippen LogP) is 3.81. The molecule has 0 aliphatic carbocycles. The zero-order valence-corrected chi connectivity index (χ0v) is 13.4. The smallest absolute Gasteiger partial charge is 0.178 e. The maximum Gasteiger partial charge on any atom is 0.178 e. The van der Waals surface area contributed by atoms with E-state index in [0.717, 1.165) is 27.4 Å². The Morgan fingerprint density at radius 1 is 1.25 bits per heavy atom. The number of aryl methyl sites for hydroxylation is 3. The molecule has 2 aromatic heterocycles. The molecule has 0 saturated heterocycles. The second-order valence-corrected chi connectivity index (χ2v) is 6.25. The van der Waals surface area contributed by atoms with Gasteiger partial charge in [0.15, 0.2) is 5.78 Å². The topological polar surface area (TPSA) is 39.2 Å².